The van der Waals surface area contributed by atoms with Gasteiger partial charge in [-0.15, -0.1) is 0 Å². The second-order valence-corrected chi connectivity index (χ2v) is 7.30. The van der Waals surface area contributed by atoms with Crippen LogP contribution < -0.4 is 5.32 Å². The van der Waals surface area contributed by atoms with E-state index in [1.54, 1.807) is 6.20 Å². The molecular formula is C19H30N2O4. The first-order valence-corrected chi connectivity index (χ1v) is 9.10. The third-order valence-electron chi connectivity index (χ3n) is 3.75. The Balaban J connectivity index is 1.67. The summed E-state index contributed by atoms with van der Waals surface area (Å²) in [4.78, 5) is 15.9. The number of anilines is 1. The molecule has 1 N–H and O–H groups in total. The predicted octanol–water partition coefficient (Wildman–Crippen LogP) is 4.29. The first kappa shape index (κ1) is 19.7. The molecule has 1 saturated heterocycles. The SMILES string of the molecule is CC(C)(C)OC(=O)Nc1cc(CCCCOC2CCCCO2)ccn1. The first-order chi connectivity index (χ1) is 11.9. The molecule has 2 rings (SSSR count). The Bertz CT molecular complexity index is 536. The van der Waals surface area contributed by atoms with Gasteiger partial charge in [0.05, 0.1) is 0 Å². The van der Waals surface area contributed by atoms with Crippen molar-refractivity contribution in [1.82, 2.24) is 4.98 Å². The van der Waals surface area contributed by atoms with E-state index < -0.39 is 11.7 Å². The molecule has 6 nitrogen and oxygen atoms in total. The molecule has 6 heteroatoms. The summed E-state index contributed by atoms with van der Waals surface area (Å²) in [5, 5.41) is 2.67. The summed E-state index contributed by atoms with van der Waals surface area (Å²) in [7, 11) is 0. The summed E-state index contributed by atoms with van der Waals surface area (Å²) in [6.45, 7) is 7.03. The van der Waals surface area contributed by atoms with Gasteiger partial charge in [-0.2, -0.15) is 0 Å². The lowest BCUT2D eigenvalue weighted by Crippen LogP contribution is -2.27. The molecule has 2 heterocycles. The molecule has 1 aromatic heterocycles. The molecule has 1 unspecified atom stereocenters. The van der Waals surface area contributed by atoms with Crippen molar-refractivity contribution in [2.75, 3.05) is 18.5 Å². The maximum atomic E-state index is 11.8. The number of aromatic nitrogens is 1. The predicted molar refractivity (Wildman–Crippen MR) is 96.6 cm³/mol. The van der Waals surface area contributed by atoms with E-state index in [-0.39, 0.29) is 6.29 Å². The lowest BCUT2D eigenvalue weighted by atomic mass is 10.1. The van der Waals surface area contributed by atoms with Crippen LogP contribution in [0.2, 0.25) is 0 Å². The lowest BCUT2D eigenvalue weighted by Gasteiger charge is -2.22. The van der Waals surface area contributed by atoms with E-state index >= 15 is 0 Å². The van der Waals surface area contributed by atoms with Crippen molar-refractivity contribution < 1.29 is 19.0 Å². The van der Waals surface area contributed by atoms with Gasteiger partial charge < -0.3 is 14.2 Å². The molecule has 0 aromatic carbocycles. The number of hydrogen-bond donors (Lipinski definition) is 1. The number of carbonyl (C=O) groups is 1. The Hall–Kier alpha value is -1.66. The van der Waals surface area contributed by atoms with Crippen molar-refractivity contribution >= 4 is 11.9 Å². The van der Waals surface area contributed by atoms with Crippen LogP contribution in [0.1, 0.15) is 58.4 Å². The van der Waals surface area contributed by atoms with Gasteiger partial charge in [-0.1, -0.05) is 0 Å². The summed E-state index contributed by atoms with van der Waals surface area (Å²) < 4.78 is 16.5. The van der Waals surface area contributed by atoms with Gasteiger partial charge >= 0.3 is 6.09 Å². The zero-order valence-electron chi connectivity index (χ0n) is 15.5. The number of amides is 1. The monoisotopic (exact) mass is 350 g/mol. The number of carbonyl (C=O) groups excluding carboxylic acids is 1. The van der Waals surface area contributed by atoms with Crippen molar-refractivity contribution in [2.24, 2.45) is 0 Å². The number of pyridine rings is 1. The number of unbranched alkanes of at least 4 members (excludes halogenated alkanes) is 1. The molecule has 0 bridgehead atoms. The van der Waals surface area contributed by atoms with Gasteiger partial charge in [0.25, 0.3) is 0 Å². The Morgan fingerprint density at radius 1 is 1.36 bits per heavy atom. The Kier molecular flexibility index (Phi) is 7.65. The number of nitrogens with zero attached hydrogens (tertiary/aromatic N) is 1. The Morgan fingerprint density at radius 2 is 2.20 bits per heavy atom. The fraction of sp³-hybridized carbons (Fsp3) is 0.684. The van der Waals surface area contributed by atoms with Gasteiger partial charge in [0, 0.05) is 19.4 Å². The molecule has 1 aromatic rings. The maximum absolute atomic E-state index is 11.8. The summed E-state index contributed by atoms with van der Waals surface area (Å²) in [5.74, 6) is 0.513. The van der Waals surface area contributed by atoms with Crippen molar-refractivity contribution in [2.45, 2.75) is 71.2 Å². The molecule has 0 saturated carbocycles. The number of rotatable bonds is 7. The minimum Gasteiger partial charge on any atom is -0.444 e. The van der Waals surface area contributed by atoms with Gasteiger partial charge in [0.2, 0.25) is 0 Å². The normalized spacial score (nSPS) is 18.0. The minimum atomic E-state index is -0.524. The zero-order valence-corrected chi connectivity index (χ0v) is 15.5. The zero-order chi connectivity index (χ0) is 18.1. The maximum Gasteiger partial charge on any atom is 0.413 e. The standard InChI is InChI=1S/C19H30N2O4/c1-19(2,3)25-18(22)21-16-14-15(10-11-20-16)8-4-6-12-23-17-9-5-7-13-24-17/h10-11,14,17H,4-9,12-13H2,1-3H3,(H,20,21,22). The Morgan fingerprint density at radius 3 is 2.92 bits per heavy atom. The second kappa shape index (κ2) is 9.73. The quantitative estimate of drug-likeness (QED) is 0.743. The van der Waals surface area contributed by atoms with Gasteiger partial charge in [0.15, 0.2) is 6.29 Å². The number of aryl methyl sites for hydroxylation is 1. The number of nitrogens with one attached hydrogen (secondary N) is 1. The fourth-order valence-electron chi connectivity index (χ4n) is 2.59. The summed E-state index contributed by atoms with van der Waals surface area (Å²) in [5.41, 5.74) is 0.610. The highest BCUT2D eigenvalue weighted by molar-refractivity contribution is 5.83. The van der Waals surface area contributed by atoms with Crippen LogP contribution in [0.15, 0.2) is 18.3 Å². The van der Waals surface area contributed by atoms with E-state index in [9.17, 15) is 4.79 Å². The minimum absolute atomic E-state index is 0.0145. The van der Waals surface area contributed by atoms with Crippen LogP contribution in [0.5, 0.6) is 0 Å². The van der Waals surface area contributed by atoms with E-state index in [0.717, 1.165) is 50.9 Å². The van der Waals surface area contributed by atoms with E-state index in [1.807, 2.05) is 32.9 Å². The molecule has 0 aliphatic carbocycles. The number of ether oxygens (including phenoxy) is 3. The molecule has 0 radical (unpaired) electrons. The highest BCUT2D eigenvalue weighted by Gasteiger charge is 2.16. The molecular weight excluding hydrogens is 320 g/mol. The molecule has 25 heavy (non-hydrogen) atoms. The lowest BCUT2D eigenvalue weighted by molar-refractivity contribution is -0.162. The summed E-state index contributed by atoms with van der Waals surface area (Å²) in [6.07, 6.45) is 7.45. The van der Waals surface area contributed by atoms with Crippen molar-refractivity contribution in [3.8, 4) is 0 Å². The molecule has 1 atom stereocenters. The van der Waals surface area contributed by atoms with Crippen LogP contribution in [0.3, 0.4) is 0 Å². The van der Waals surface area contributed by atoms with Gasteiger partial charge in [-0.25, -0.2) is 9.78 Å². The third-order valence-corrected chi connectivity index (χ3v) is 3.75. The second-order valence-electron chi connectivity index (χ2n) is 7.30. The highest BCUT2D eigenvalue weighted by Crippen LogP contribution is 2.15. The van der Waals surface area contributed by atoms with Crippen LogP contribution in [-0.4, -0.2) is 36.2 Å². The van der Waals surface area contributed by atoms with Crippen molar-refractivity contribution in [1.29, 1.82) is 0 Å². The first-order valence-electron chi connectivity index (χ1n) is 9.10. The average Bonchev–Trinajstić information content (AvgIpc) is 2.54. The summed E-state index contributed by atoms with van der Waals surface area (Å²) >= 11 is 0. The molecule has 140 valence electrons. The smallest absolute Gasteiger partial charge is 0.413 e. The highest BCUT2D eigenvalue weighted by atomic mass is 16.7. The van der Waals surface area contributed by atoms with Crippen LogP contribution in [0, 0.1) is 0 Å². The average molecular weight is 350 g/mol. The van der Waals surface area contributed by atoms with Crippen LogP contribution in [0.4, 0.5) is 10.6 Å². The van der Waals surface area contributed by atoms with E-state index in [2.05, 4.69) is 10.3 Å². The molecule has 1 fully saturated rings. The molecule has 1 aliphatic rings. The van der Waals surface area contributed by atoms with E-state index in [0.29, 0.717) is 5.82 Å². The Labute approximate surface area is 150 Å². The van der Waals surface area contributed by atoms with Crippen molar-refractivity contribution in [3.63, 3.8) is 0 Å². The van der Waals surface area contributed by atoms with Crippen molar-refractivity contribution in [3.05, 3.63) is 23.9 Å². The number of hydrogen-bond acceptors (Lipinski definition) is 5. The fourth-order valence-corrected chi connectivity index (χ4v) is 2.59. The van der Waals surface area contributed by atoms with Crippen LogP contribution in [-0.2, 0) is 20.6 Å². The topological polar surface area (TPSA) is 69.7 Å². The van der Waals surface area contributed by atoms with E-state index in [1.165, 1.54) is 6.42 Å². The van der Waals surface area contributed by atoms with Crippen LogP contribution in [0.25, 0.3) is 0 Å². The van der Waals surface area contributed by atoms with Gasteiger partial charge in [-0.3, -0.25) is 5.32 Å². The van der Waals surface area contributed by atoms with Gasteiger partial charge in [-0.05, 0) is 77.0 Å². The summed E-state index contributed by atoms with van der Waals surface area (Å²) in [6, 6.07) is 3.85. The largest absolute Gasteiger partial charge is 0.444 e. The molecule has 1 amide bonds. The van der Waals surface area contributed by atoms with E-state index in [4.69, 9.17) is 14.2 Å². The van der Waals surface area contributed by atoms with Gasteiger partial charge in [0.1, 0.15) is 11.4 Å². The molecule has 0 spiro atoms. The molecule has 1 aliphatic heterocycles. The van der Waals surface area contributed by atoms with Crippen LogP contribution >= 0.6 is 0 Å². The third kappa shape index (κ3) is 8.31.